The van der Waals surface area contributed by atoms with Gasteiger partial charge in [-0.25, -0.2) is 4.57 Å². The molecule has 0 radical (unpaired) electrons. The van der Waals surface area contributed by atoms with E-state index in [1.165, 1.54) is 0 Å². The molecule has 1 saturated heterocycles. The smallest absolute Gasteiger partial charge is 0.287 e. The second-order valence-electron chi connectivity index (χ2n) is 2.04. The van der Waals surface area contributed by atoms with E-state index >= 15 is 0 Å². The van der Waals surface area contributed by atoms with Gasteiger partial charge in [-0.1, -0.05) is 0 Å². The minimum Gasteiger partial charge on any atom is -0.287 e. The highest BCUT2D eigenvalue weighted by molar-refractivity contribution is 7.48. The monoisotopic (exact) mass is 200 g/mol. The minimum atomic E-state index is -3.23. The van der Waals surface area contributed by atoms with Crippen molar-refractivity contribution in [3.63, 3.8) is 0 Å². The highest BCUT2D eigenvalue weighted by atomic mass is 35.5. The van der Waals surface area contributed by atoms with E-state index in [0.29, 0.717) is 6.61 Å². The Bertz CT molecular complexity index is 174. The Morgan fingerprint density at radius 2 is 2.55 bits per heavy atom. The van der Waals surface area contributed by atoms with Crippen LogP contribution in [0.25, 0.3) is 0 Å². The number of phosphoric ester groups is 1. The van der Waals surface area contributed by atoms with Gasteiger partial charge in [0.05, 0.1) is 19.1 Å². The first-order chi connectivity index (χ1) is 5.20. The zero-order valence-electron chi connectivity index (χ0n) is 6.16. The van der Waals surface area contributed by atoms with Crippen LogP contribution >= 0.6 is 19.4 Å². The van der Waals surface area contributed by atoms with Crippen molar-refractivity contribution in [3.8, 4) is 0 Å². The maximum Gasteiger partial charge on any atom is 0.475 e. The number of halogens is 1. The van der Waals surface area contributed by atoms with Crippen LogP contribution in [0, 0.1) is 0 Å². The number of alkyl halides is 1. The first-order valence-corrected chi connectivity index (χ1v) is 5.33. The number of rotatable bonds is 3. The van der Waals surface area contributed by atoms with E-state index in [1.807, 2.05) is 0 Å². The Hall–Kier alpha value is 0.400. The first kappa shape index (κ1) is 9.49. The fourth-order valence-corrected chi connectivity index (χ4v) is 2.32. The summed E-state index contributed by atoms with van der Waals surface area (Å²) >= 11 is 5.45. The lowest BCUT2D eigenvalue weighted by atomic mass is 10.5. The second-order valence-corrected chi connectivity index (χ2v) is 3.97. The van der Waals surface area contributed by atoms with Gasteiger partial charge in [0.1, 0.15) is 6.10 Å². The third-order valence-electron chi connectivity index (χ3n) is 1.16. The van der Waals surface area contributed by atoms with E-state index in [4.69, 9.17) is 25.2 Å². The zero-order valence-corrected chi connectivity index (χ0v) is 7.81. The number of hydrogen-bond acceptors (Lipinski definition) is 4. The Morgan fingerprint density at radius 1 is 1.82 bits per heavy atom. The van der Waals surface area contributed by atoms with Crippen molar-refractivity contribution in [2.45, 2.75) is 13.0 Å². The maximum absolute atomic E-state index is 11.3. The third-order valence-corrected chi connectivity index (χ3v) is 3.10. The molecule has 0 amide bonds. The molecule has 0 saturated carbocycles. The molecule has 0 aliphatic carbocycles. The Labute approximate surface area is 70.4 Å². The quantitative estimate of drug-likeness (QED) is 0.515. The molecule has 2 unspecified atom stereocenters. The van der Waals surface area contributed by atoms with Gasteiger partial charge >= 0.3 is 7.82 Å². The van der Waals surface area contributed by atoms with Crippen molar-refractivity contribution in [1.29, 1.82) is 0 Å². The van der Waals surface area contributed by atoms with Crippen LogP contribution in [0.4, 0.5) is 0 Å². The van der Waals surface area contributed by atoms with Gasteiger partial charge in [0.25, 0.3) is 0 Å². The van der Waals surface area contributed by atoms with Gasteiger partial charge in [-0.3, -0.25) is 13.6 Å². The summed E-state index contributed by atoms with van der Waals surface area (Å²) in [7, 11) is -3.23. The second kappa shape index (κ2) is 3.87. The van der Waals surface area contributed by atoms with Gasteiger partial charge in [0.2, 0.25) is 0 Å². The minimum absolute atomic E-state index is 0.251. The summed E-state index contributed by atoms with van der Waals surface area (Å²) < 4.78 is 25.8. The lowest BCUT2D eigenvalue weighted by Gasteiger charge is -2.07. The van der Waals surface area contributed by atoms with Gasteiger partial charge in [-0.15, -0.1) is 11.6 Å². The highest BCUT2D eigenvalue weighted by Crippen LogP contribution is 2.54. The van der Waals surface area contributed by atoms with Gasteiger partial charge in [0.15, 0.2) is 0 Å². The lowest BCUT2D eigenvalue weighted by molar-refractivity contribution is 0.186. The summed E-state index contributed by atoms with van der Waals surface area (Å²) in [5.74, 6) is 0.275. The molecule has 0 spiro atoms. The number of phosphoric acid groups is 1. The Morgan fingerprint density at radius 3 is 3.00 bits per heavy atom. The molecule has 0 aromatic heterocycles. The molecule has 1 fully saturated rings. The molecule has 0 bridgehead atoms. The van der Waals surface area contributed by atoms with E-state index in [1.54, 1.807) is 6.92 Å². The third kappa shape index (κ3) is 2.42. The van der Waals surface area contributed by atoms with Crippen molar-refractivity contribution < 1.29 is 18.1 Å². The van der Waals surface area contributed by atoms with Crippen molar-refractivity contribution in [1.82, 2.24) is 0 Å². The summed E-state index contributed by atoms with van der Waals surface area (Å²) in [6.45, 7) is 2.29. The standard InChI is InChI=1S/C5H10ClO4P/c1-2-8-11(7)9-4-5(3-6)10-11/h5H,2-4H2,1H3. The molecule has 0 aromatic carbocycles. The summed E-state index contributed by atoms with van der Waals surface area (Å²) in [5, 5.41) is 0. The fraction of sp³-hybridized carbons (Fsp3) is 1.00. The average Bonchev–Trinajstić information content (AvgIpc) is 2.33. The van der Waals surface area contributed by atoms with Gasteiger partial charge in [-0.2, -0.15) is 0 Å². The molecule has 1 aliphatic heterocycles. The van der Waals surface area contributed by atoms with Crippen LogP contribution in [0.2, 0.25) is 0 Å². The first-order valence-electron chi connectivity index (χ1n) is 3.33. The lowest BCUT2D eigenvalue weighted by Crippen LogP contribution is -2.09. The summed E-state index contributed by atoms with van der Waals surface area (Å²) in [5.41, 5.74) is 0. The molecule has 2 atom stereocenters. The zero-order chi connectivity index (χ0) is 8.32. The number of hydrogen-bond donors (Lipinski definition) is 0. The van der Waals surface area contributed by atoms with Crippen LogP contribution in [-0.2, 0) is 18.1 Å². The van der Waals surface area contributed by atoms with E-state index in [9.17, 15) is 4.57 Å². The van der Waals surface area contributed by atoms with Gasteiger partial charge in [0, 0.05) is 0 Å². The molecule has 0 aromatic rings. The van der Waals surface area contributed by atoms with Crippen LogP contribution in [-0.4, -0.2) is 25.2 Å². The van der Waals surface area contributed by atoms with E-state index in [-0.39, 0.29) is 18.6 Å². The average molecular weight is 201 g/mol. The molecule has 66 valence electrons. The molecule has 11 heavy (non-hydrogen) atoms. The van der Waals surface area contributed by atoms with Gasteiger partial charge in [-0.05, 0) is 6.92 Å². The van der Waals surface area contributed by atoms with E-state index < -0.39 is 7.82 Å². The van der Waals surface area contributed by atoms with Crippen LogP contribution in [0.15, 0.2) is 0 Å². The fourth-order valence-electron chi connectivity index (χ4n) is 0.716. The molecular weight excluding hydrogens is 190 g/mol. The summed E-state index contributed by atoms with van der Waals surface area (Å²) in [4.78, 5) is 0. The highest BCUT2D eigenvalue weighted by Gasteiger charge is 2.37. The van der Waals surface area contributed by atoms with Crippen LogP contribution in [0.3, 0.4) is 0 Å². The molecule has 1 rings (SSSR count). The molecular formula is C5H10ClO4P. The van der Waals surface area contributed by atoms with Crippen molar-refractivity contribution in [2.24, 2.45) is 0 Å². The van der Waals surface area contributed by atoms with Crippen LogP contribution in [0.5, 0.6) is 0 Å². The van der Waals surface area contributed by atoms with Crippen molar-refractivity contribution >= 4 is 19.4 Å². The Balaban J connectivity index is 2.44. The summed E-state index contributed by atoms with van der Waals surface area (Å²) in [6.07, 6.45) is -0.297. The molecule has 6 heteroatoms. The summed E-state index contributed by atoms with van der Waals surface area (Å²) in [6, 6.07) is 0. The van der Waals surface area contributed by atoms with Gasteiger partial charge < -0.3 is 0 Å². The van der Waals surface area contributed by atoms with E-state index in [0.717, 1.165) is 0 Å². The van der Waals surface area contributed by atoms with Crippen LogP contribution in [0.1, 0.15) is 6.92 Å². The Kier molecular flexibility index (Phi) is 3.34. The topological polar surface area (TPSA) is 44.8 Å². The van der Waals surface area contributed by atoms with Crippen molar-refractivity contribution in [2.75, 3.05) is 19.1 Å². The predicted octanol–water partition coefficient (Wildman–Crippen LogP) is 1.79. The predicted molar refractivity (Wildman–Crippen MR) is 40.8 cm³/mol. The molecule has 0 N–H and O–H groups in total. The van der Waals surface area contributed by atoms with E-state index in [2.05, 4.69) is 0 Å². The largest absolute Gasteiger partial charge is 0.475 e. The van der Waals surface area contributed by atoms with Crippen molar-refractivity contribution in [3.05, 3.63) is 0 Å². The van der Waals surface area contributed by atoms with Crippen LogP contribution < -0.4 is 0 Å². The molecule has 1 heterocycles. The SMILES string of the molecule is CCOP1(=O)OCC(CCl)O1. The normalized spacial score (nSPS) is 37.8. The maximum atomic E-state index is 11.3. The molecule has 1 aliphatic rings. The molecule has 4 nitrogen and oxygen atoms in total.